The summed E-state index contributed by atoms with van der Waals surface area (Å²) in [6.07, 6.45) is 1.52. The number of aromatic nitrogens is 1. The molecule has 70 valence electrons. The third-order valence-electron chi connectivity index (χ3n) is 1.87. The molecule has 0 aromatic carbocycles. The standard InChI is InChI=1S/C8H11N3O2/c1-5-8(13-6(2)11-5)7-3-12-10-4-9-7/h4,7H,3H2,1-2H3,(H,9,10). The Kier molecular flexibility index (Phi) is 2.02. The van der Waals surface area contributed by atoms with Gasteiger partial charge in [-0.1, -0.05) is 0 Å². The fraction of sp³-hybridized carbons (Fsp3) is 0.500. The van der Waals surface area contributed by atoms with E-state index in [1.807, 2.05) is 13.8 Å². The average Bonchev–Trinajstić information content (AvgIpc) is 2.47. The molecule has 0 saturated carbocycles. The summed E-state index contributed by atoms with van der Waals surface area (Å²) in [5.41, 5.74) is 3.44. The van der Waals surface area contributed by atoms with Crippen molar-refractivity contribution in [1.82, 2.24) is 10.5 Å². The van der Waals surface area contributed by atoms with Crippen molar-refractivity contribution in [3.63, 3.8) is 0 Å². The molecule has 0 amide bonds. The van der Waals surface area contributed by atoms with Crippen LogP contribution in [0.15, 0.2) is 9.41 Å². The monoisotopic (exact) mass is 181 g/mol. The molecule has 5 nitrogen and oxygen atoms in total. The van der Waals surface area contributed by atoms with Crippen molar-refractivity contribution in [1.29, 1.82) is 0 Å². The van der Waals surface area contributed by atoms with Gasteiger partial charge in [0.15, 0.2) is 11.7 Å². The highest BCUT2D eigenvalue weighted by Gasteiger charge is 2.20. The fourth-order valence-corrected chi connectivity index (χ4v) is 1.33. The highest BCUT2D eigenvalue weighted by Crippen LogP contribution is 2.22. The van der Waals surface area contributed by atoms with Gasteiger partial charge >= 0.3 is 0 Å². The molecule has 5 heteroatoms. The van der Waals surface area contributed by atoms with Gasteiger partial charge in [0.2, 0.25) is 0 Å². The summed E-state index contributed by atoms with van der Waals surface area (Å²) in [6.45, 7) is 4.21. The molecule has 1 aliphatic rings. The molecule has 0 aliphatic carbocycles. The number of aryl methyl sites for hydroxylation is 2. The van der Waals surface area contributed by atoms with Crippen molar-refractivity contribution in [3.8, 4) is 0 Å². The Morgan fingerprint density at radius 1 is 1.54 bits per heavy atom. The Labute approximate surface area is 75.8 Å². The zero-order chi connectivity index (χ0) is 9.26. The maximum absolute atomic E-state index is 5.42. The number of hydrogen-bond donors (Lipinski definition) is 1. The lowest BCUT2D eigenvalue weighted by Gasteiger charge is -2.14. The van der Waals surface area contributed by atoms with Gasteiger partial charge in [0.25, 0.3) is 0 Å². The van der Waals surface area contributed by atoms with Gasteiger partial charge in [0, 0.05) is 6.92 Å². The molecule has 13 heavy (non-hydrogen) atoms. The third-order valence-corrected chi connectivity index (χ3v) is 1.87. The summed E-state index contributed by atoms with van der Waals surface area (Å²) < 4.78 is 5.42. The van der Waals surface area contributed by atoms with E-state index in [-0.39, 0.29) is 6.04 Å². The molecule has 1 atom stereocenters. The summed E-state index contributed by atoms with van der Waals surface area (Å²) in [5, 5.41) is 0. The van der Waals surface area contributed by atoms with Crippen LogP contribution in [0.2, 0.25) is 0 Å². The van der Waals surface area contributed by atoms with Crippen molar-refractivity contribution in [2.45, 2.75) is 19.9 Å². The summed E-state index contributed by atoms with van der Waals surface area (Å²) in [6, 6.07) is -0.0672. The van der Waals surface area contributed by atoms with E-state index in [1.165, 1.54) is 6.34 Å². The van der Waals surface area contributed by atoms with Crippen molar-refractivity contribution >= 4 is 6.34 Å². The molecule has 1 aromatic heterocycles. The van der Waals surface area contributed by atoms with E-state index in [0.717, 1.165) is 11.5 Å². The van der Waals surface area contributed by atoms with E-state index < -0.39 is 0 Å². The van der Waals surface area contributed by atoms with Gasteiger partial charge in [-0.15, -0.1) is 0 Å². The number of nitrogens with one attached hydrogen (secondary N) is 1. The minimum Gasteiger partial charge on any atom is -0.443 e. The zero-order valence-electron chi connectivity index (χ0n) is 7.57. The van der Waals surface area contributed by atoms with Gasteiger partial charge < -0.3 is 4.42 Å². The number of nitrogens with zero attached hydrogens (tertiary/aromatic N) is 2. The summed E-state index contributed by atoms with van der Waals surface area (Å²) in [7, 11) is 0. The van der Waals surface area contributed by atoms with Crippen LogP contribution in [0.4, 0.5) is 0 Å². The van der Waals surface area contributed by atoms with E-state index in [0.29, 0.717) is 12.5 Å². The maximum Gasteiger partial charge on any atom is 0.191 e. The van der Waals surface area contributed by atoms with Crippen LogP contribution in [-0.4, -0.2) is 17.9 Å². The average molecular weight is 181 g/mol. The van der Waals surface area contributed by atoms with Crippen LogP contribution < -0.4 is 5.48 Å². The Morgan fingerprint density at radius 2 is 2.38 bits per heavy atom. The van der Waals surface area contributed by atoms with E-state index in [2.05, 4.69) is 15.5 Å². The highest BCUT2D eigenvalue weighted by atomic mass is 16.6. The van der Waals surface area contributed by atoms with Crippen molar-refractivity contribution in [2.24, 2.45) is 4.99 Å². The molecule has 1 aliphatic heterocycles. The Bertz CT molecular complexity index is 332. The zero-order valence-corrected chi connectivity index (χ0v) is 7.57. The van der Waals surface area contributed by atoms with E-state index in [9.17, 15) is 0 Å². The van der Waals surface area contributed by atoms with Gasteiger partial charge in [0.1, 0.15) is 19.0 Å². The highest BCUT2D eigenvalue weighted by molar-refractivity contribution is 5.53. The second-order valence-electron chi connectivity index (χ2n) is 2.91. The smallest absolute Gasteiger partial charge is 0.191 e. The molecular formula is C8H11N3O2. The molecule has 0 fully saturated rings. The molecule has 1 N–H and O–H groups in total. The topological polar surface area (TPSA) is 59.6 Å². The fourth-order valence-electron chi connectivity index (χ4n) is 1.33. The molecule has 0 saturated heterocycles. The predicted molar refractivity (Wildman–Crippen MR) is 46.3 cm³/mol. The van der Waals surface area contributed by atoms with Gasteiger partial charge in [-0.25, -0.2) is 4.98 Å². The lowest BCUT2D eigenvalue weighted by atomic mass is 10.2. The Balaban J connectivity index is 2.28. The number of oxazole rings is 1. The normalized spacial score (nSPS) is 21.5. The molecule has 0 radical (unpaired) electrons. The number of aliphatic imine (C=N–C) groups is 1. The van der Waals surface area contributed by atoms with Gasteiger partial charge in [-0.05, 0) is 6.92 Å². The Morgan fingerprint density at radius 3 is 2.92 bits per heavy atom. The molecule has 0 bridgehead atoms. The number of hydrogen-bond acceptors (Lipinski definition) is 5. The van der Waals surface area contributed by atoms with E-state index >= 15 is 0 Å². The molecule has 1 aromatic rings. The van der Waals surface area contributed by atoms with E-state index in [1.54, 1.807) is 0 Å². The van der Waals surface area contributed by atoms with Gasteiger partial charge in [0.05, 0.1) is 5.69 Å². The lowest BCUT2D eigenvalue weighted by Crippen LogP contribution is -2.23. The molecular weight excluding hydrogens is 170 g/mol. The first kappa shape index (κ1) is 8.25. The van der Waals surface area contributed by atoms with Crippen LogP contribution in [0.5, 0.6) is 0 Å². The van der Waals surface area contributed by atoms with Crippen molar-refractivity contribution in [2.75, 3.05) is 6.61 Å². The minimum atomic E-state index is -0.0672. The summed E-state index contributed by atoms with van der Waals surface area (Å²) in [4.78, 5) is 13.4. The summed E-state index contributed by atoms with van der Waals surface area (Å²) in [5.74, 6) is 1.46. The van der Waals surface area contributed by atoms with Crippen LogP contribution in [0.3, 0.4) is 0 Å². The van der Waals surface area contributed by atoms with Crippen LogP contribution in [0.25, 0.3) is 0 Å². The van der Waals surface area contributed by atoms with Crippen LogP contribution in [0.1, 0.15) is 23.4 Å². The van der Waals surface area contributed by atoms with Crippen LogP contribution in [-0.2, 0) is 4.84 Å². The van der Waals surface area contributed by atoms with E-state index in [4.69, 9.17) is 9.25 Å². The SMILES string of the molecule is Cc1nc(C)c(C2CONC=N2)o1. The first-order chi connectivity index (χ1) is 6.27. The largest absolute Gasteiger partial charge is 0.443 e. The predicted octanol–water partition coefficient (Wildman–Crippen LogP) is 0.896. The number of hydroxylamine groups is 1. The van der Waals surface area contributed by atoms with Gasteiger partial charge in [-0.3, -0.25) is 15.3 Å². The second kappa shape index (κ2) is 3.18. The molecule has 2 heterocycles. The third kappa shape index (κ3) is 1.55. The quantitative estimate of drug-likeness (QED) is 0.699. The first-order valence-corrected chi connectivity index (χ1v) is 4.10. The Hall–Kier alpha value is -1.36. The van der Waals surface area contributed by atoms with Crippen LogP contribution >= 0.6 is 0 Å². The van der Waals surface area contributed by atoms with Gasteiger partial charge in [-0.2, -0.15) is 0 Å². The maximum atomic E-state index is 5.42. The summed E-state index contributed by atoms with van der Waals surface area (Å²) >= 11 is 0. The second-order valence-corrected chi connectivity index (χ2v) is 2.91. The van der Waals surface area contributed by atoms with Crippen molar-refractivity contribution < 1.29 is 9.25 Å². The minimum absolute atomic E-state index is 0.0672. The lowest BCUT2D eigenvalue weighted by molar-refractivity contribution is 0.0613. The van der Waals surface area contributed by atoms with Crippen molar-refractivity contribution in [3.05, 3.63) is 17.3 Å². The first-order valence-electron chi connectivity index (χ1n) is 4.10. The molecule has 0 spiro atoms. The van der Waals surface area contributed by atoms with Crippen LogP contribution in [0, 0.1) is 13.8 Å². The molecule has 1 unspecified atom stereocenters. The number of rotatable bonds is 1. The molecule has 2 rings (SSSR count).